The first-order valence-corrected chi connectivity index (χ1v) is 8.02. The molecule has 0 amide bonds. The third kappa shape index (κ3) is 3.35. The summed E-state index contributed by atoms with van der Waals surface area (Å²) in [5.74, 6) is 0.747. The number of methoxy groups -OCH3 is 1. The zero-order valence-corrected chi connectivity index (χ0v) is 14.2. The fourth-order valence-electron chi connectivity index (χ4n) is 2.41. The van der Waals surface area contributed by atoms with Crippen LogP contribution in [0, 0.1) is 0 Å². The molecular formula is C20H15BrO2. The molecule has 0 aliphatic heterocycles. The van der Waals surface area contributed by atoms with Crippen LogP contribution >= 0.6 is 15.9 Å². The Morgan fingerprint density at radius 1 is 0.826 bits per heavy atom. The van der Waals surface area contributed by atoms with E-state index in [1.807, 2.05) is 48.5 Å². The van der Waals surface area contributed by atoms with Crippen LogP contribution in [0.15, 0.2) is 77.3 Å². The van der Waals surface area contributed by atoms with E-state index in [0.29, 0.717) is 11.1 Å². The summed E-state index contributed by atoms with van der Waals surface area (Å²) in [6, 6.07) is 22.8. The van der Waals surface area contributed by atoms with Gasteiger partial charge in [0.25, 0.3) is 0 Å². The summed E-state index contributed by atoms with van der Waals surface area (Å²) < 4.78 is 6.15. The van der Waals surface area contributed by atoms with Crippen molar-refractivity contribution in [3.05, 3.63) is 88.4 Å². The minimum absolute atomic E-state index is 0.00586. The van der Waals surface area contributed by atoms with Crippen LogP contribution in [0.4, 0.5) is 0 Å². The van der Waals surface area contributed by atoms with Crippen molar-refractivity contribution in [3.8, 4) is 16.9 Å². The highest BCUT2D eigenvalue weighted by atomic mass is 79.9. The van der Waals surface area contributed by atoms with Gasteiger partial charge in [0.05, 0.1) is 7.11 Å². The molecule has 0 saturated heterocycles. The van der Waals surface area contributed by atoms with Crippen LogP contribution in [-0.2, 0) is 0 Å². The Labute approximate surface area is 143 Å². The largest absolute Gasteiger partial charge is 0.497 e. The summed E-state index contributed by atoms with van der Waals surface area (Å²) in [6.07, 6.45) is 0. The number of carbonyl (C=O) groups excluding carboxylic acids is 1. The second-order valence-corrected chi connectivity index (χ2v) is 5.97. The van der Waals surface area contributed by atoms with E-state index in [4.69, 9.17) is 4.74 Å². The van der Waals surface area contributed by atoms with E-state index in [2.05, 4.69) is 15.9 Å². The SMILES string of the molecule is COc1ccc(C(=O)c2ccc(-c3ccccc3Br)cc2)cc1. The number of hydrogen-bond acceptors (Lipinski definition) is 2. The van der Waals surface area contributed by atoms with Crippen molar-refractivity contribution >= 4 is 21.7 Å². The van der Waals surface area contributed by atoms with Crippen LogP contribution in [0.2, 0.25) is 0 Å². The Bertz CT molecular complexity index is 821. The van der Waals surface area contributed by atoms with Crippen LogP contribution in [0.5, 0.6) is 5.75 Å². The van der Waals surface area contributed by atoms with E-state index < -0.39 is 0 Å². The number of ether oxygens (including phenoxy) is 1. The molecule has 0 aliphatic carbocycles. The van der Waals surface area contributed by atoms with Gasteiger partial charge in [0, 0.05) is 15.6 Å². The molecule has 0 unspecified atom stereocenters. The lowest BCUT2D eigenvalue weighted by atomic mass is 9.99. The Morgan fingerprint density at radius 2 is 1.39 bits per heavy atom. The first-order valence-electron chi connectivity index (χ1n) is 7.23. The van der Waals surface area contributed by atoms with E-state index >= 15 is 0 Å². The number of hydrogen-bond donors (Lipinski definition) is 0. The maximum Gasteiger partial charge on any atom is 0.193 e. The van der Waals surface area contributed by atoms with Crippen LogP contribution in [-0.4, -0.2) is 12.9 Å². The molecule has 3 heteroatoms. The van der Waals surface area contributed by atoms with Gasteiger partial charge in [0.2, 0.25) is 0 Å². The summed E-state index contributed by atoms with van der Waals surface area (Å²) in [7, 11) is 1.61. The van der Waals surface area contributed by atoms with Gasteiger partial charge in [-0.1, -0.05) is 58.4 Å². The fourth-order valence-corrected chi connectivity index (χ4v) is 2.92. The molecule has 0 radical (unpaired) electrons. The third-order valence-electron chi connectivity index (χ3n) is 3.68. The standard InChI is InChI=1S/C20H15BrO2/c1-23-17-12-10-16(11-13-17)20(22)15-8-6-14(7-9-15)18-4-2-3-5-19(18)21/h2-13H,1H3. The normalized spacial score (nSPS) is 10.3. The molecule has 114 valence electrons. The van der Waals surface area contributed by atoms with E-state index in [9.17, 15) is 4.79 Å². The highest BCUT2D eigenvalue weighted by Crippen LogP contribution is 2.28. The molecule has 0 saturated carbocycles. The topological polar surface area (TPSA) is 26.3 Å². The second kappa shape index (κ2) is 6.80. The zero-order valence-electron chi connectivity index (χ0n) is 12.6. The number of halogens is 1. The average molecular weight is 367 g/mol. The smallest absolute Gasteiger partial charge is 0.193 e. The van der Waals surface area contributed by atoms with E-state index in [1.165, 1.54) is 0 Å². The Morgan fingerprint density at radius 3 is 1.96 bits per heavy atom. The zero-order chi connectivity index (χ0) is 16.2. The summed E-state index contributed by atoms with van der Waals surface area (Å²) in [6.45, 7) is 0. The lowest BCUT2D eigenvalue weighted by Gasteiger charge is -2.07. The summed E-state index contributed by atoms with van der Waals surface area (Å²) >= 11 is 3.55. The monoisotopic (exact) mass is 366 g/mol. The number of rotatable bonds is 4. The molecule has 0 heterocycles. The lowest BCUT2D eigenvalue weighted by Crippen LogP contribution is -2.01. The highest BCUT2D eigenvalue weighted by Gasteiger charge is 2.10. The number of ketones is 1. The van der Waals surface area contributed by atoms with Gasteiger partial charge in [-0.2, -0.15) is 0 Å². The van der Waals surface area contributed by atoms with Gasteiger partial charge >= 0.3 is 0 Å². The molecule has 0 aliphatic rings. The molecule has 3 aromatic rings. The molecule has 3 rings (SSSR count). The second-order valence-electron chi connectivity index (χ2n) is 5.11. The molecule has 2 nitrogen and oxygen atoms in total. The van der Waals surface area contributed by atoms with Crippen molar-refractivity contribution < 1.29 is 9.53 Å². The van der Waals surface area contributed by atoms with Gasteiger partial charge in [-0.15, -0.1) is 0 Å². The molecule has 0 N–H and O–H groups in total. The van der Waals surface area contributed by atoms with Gasteiger partial charge in [-0.3, -0.25) is 4.79 Å². The summed E-state index contributed by atoms with van der Waals surface area (Å²) in [5, 5.41) is 0. The van der Waals surface area contributed by atoms with Crippen molar-refractivity contribution in [1.29, 1.82) is 0 Å². The van der Waals surface area contributed by atoms with Gasteiger partial charge in [0.1, 0.15) is 5.75 Å². The van der Waals surface area contributed by atoms with Gasteiger partial charge in [-0.05, 0) is 41.5 Å². The molecule has 0 aromatic heterocycles. The Kier molecular flexibility index (Phi) is 4.58. The number of carbonyl (C=O) groups is 1. The van der Waals surface area contributed by atoms with Crippen molar-refractivity contribution in [2.45, 2.75) is 0 Å². The molecule has 0 atom stereocenters. The lowest BCUT2D eigenvalue weighted by molar-refractivity contribution is 0.103. The van der Waals surface area contributed by atoms with Crippen molar-refractivity contribution in [3.63, 3.8) is 0 Å². The van der Waals surface area contributed by atoms with Gasteiger partial charge in [-0.25, -0.2) is 0 Å². The molecule has 0 spiro atoms. The Balaban J connectivity index is 1.86. The van der Waals surface area contributed by atoms with Crippen molar-refractivity contribution in [2.75, 3.05) is 7.11 Å². The third-order valence-corrected chi connectivity index (χ3v) is 4.38. The first-order chi connectivity index (χ1) is 11.2. The maximum atomic E-state index is 12.5. The van der Waals surface area contributed by atoms with Crippen LogP contribution < -0.4 is 4.74 Å². The molecule has 0 bridgehead atoms. The van der Waals surface area contributed by atoms with Crippen molar-refractivity contribution in [1.82, 2.24) is 0 Å². The molecular weight excluding hydrogens is 352 g/mol. The van der Waals surface area contributed by atoms with E-state index in [1.54, 1.807) is 31.4 Å². The first kappa shape index (κ1) is 15.5. The maximum absolute atomic E-state index is 12.5. The molecule has 23 heavy (non-hydrogen) atoms. The van der Waals surface area contributed by atoms with Crippen LogP contribution in [0.25, 0.3) is 11.1 Å². The fraction of sp³-hybridized carbons (Fsp3) is 0.0500. The number of benzene rings is 3. The van der Waals surface area contributed by atoms with Gasteiger partial charge < -0.3 is 4.74 Å². The predicted molar refractivity (Wildman–Crippen MR) is 96.0 cm³/mol. The van der Waals surface area contributed by atoms with E-state index in [-0.39, 0.29) is 5.78 Å². The minimum Gasteiger partial charge on any atom is -0.497 e. The van der Waals surface area contributed by atoms with Crippen LogP contribution in [0.3, 0.4) is 0 Å². The predicted octanol–water partition coefficient (Wildman–Crippen LogP) is 5.36. The minimum atomic E-state index is 0.00586. The molecule has 0 fully saturated rings. The van der Waals surface area contributed by atoms with Gasteiger partial charge in [0.15, 0.2) is 5.78 Å². The molecule has 3 aromatic carbocycles. The van der Waals surface area contributed by atoms with Crippen LogP contribution in [0.1, 0.15) is 15.9 Å². The van der Waals surface area contributed by atoms with E-state index in [0.717, 1.165) is 21.3 Å². The van der Waals surface area contributed by atoms with Crippen molar-refractivity contribution in [2.24, 2.45) is 0 Å². The Hall–Kier alpha value is -2.39. The average Bonchev–Trinajstić information content (AvgIpc) is 2.62. The highest BCUT2D eigenvalue weighted by molar-refractivity contribution is 9.10. The summed E-state index contributed by atoms with van der Waals surface area (Å²) in [5.41, 5.74) is 3.50. The quantitative estimate of drug-likeness (QED) is 0.581. The summed E-state index contributed by atoms with van der Waals surface area (Å²) in [4.78, 5) is 12.5.